The van der Waals surface area contributed by atoms with Gasteiger partial charge < -0.3 is 9.84 Å². The number of nitrogens with zero attached hydrogens (tertiary/aromatic N) is 1. The lowest BCUT2D eigenvalue weighted by Gasteiger charge is -2.48. The third-order valence-electron chi connectivity index (χ3n) is 6.83. The van der Waals surface area contributed by atoms with E-state index in [1.807, 2.05) is 44.2 Å². The van der Waals surface area contributed by atoms with Crippen LogP contribution in [0.2, 0.25) is 0 Å². The molecule has 0 aliphatic rings. The van der Waals surface area contributed by atoms with Gasteiger partial charge in [-0.05, 0) is 79.0 Å². The van der Waals surface area contributed by atoms with Gasteiger partial charge in [-0.3, -0.25) is 4.90 Å². The summed E-state index contributed by atoms with van der Waals surface area (Å²) in [7, 11) is 0. The van der Waals surface area contributed by atoms with Crippen LogP contribution in [0.3, 0.4) is 0 Å². The molecule has 0 aromatic rings. The zero-order valence-corrected chi connectivity index (χ0v) is 21.9. The van der Waals surface area contributed by atoms with Gasteiger partial charge in [-0.25, -0.2) is 0 Å². The highest BCUT2D eigenvalue weighted by Crippen LogP contribution is 2.40. The Kier molecular flexibility index (Phi) is 12.3. The highest BCUT2D eigenvalue weighted by atomic mass is 16.5. The monoisotopic (exact) mass is 421 g/mol. The van der Waals surface area contributed by atoms with Gasteiger partial charge in [0.2, 0.25) is 0 Å². The Bertz CT molecular complexity index is 569. The lowest BCUT2D eigenvalue weighted by Crippen LogP contribution is -2.56. The van der Waals surface area contributed by atoms with Crippen molar-refractivity contribution in [3.63, 3.8) is 0 Å². The number of ether oxygens (including phenoxy) is 1. The van der Waals surface area contributed by atoms with Crippen LogP contribution in [0.4, 0.5) is 0 Å². The summed E-state index contributed by atoms with van der Waals surface area (Å²) in [5.41, 5.74) is -0.935. The van der Waals surface area contributed by atoms with Crippen LogP contribution in [0.5, 0.6) is 0 Å². The number of aliphatic hydroxyl groups is 1. The Morgan fingerprint density at radius 2 is 1.63 bits per heavy atom. The topological polar surface area (TPSA) is 32.7 Å². The molecule has 0 aromatic heterocycles. The van der Waals surface area contributed by atoms with Crippen molar-refractivity contribution in [2.24, 2.45) is 11.3 Å². The van der Waals surface area contributed by atoms with E-state index in [0.717, 1.165) is 25.1 Å². The molecule has 3 heteroatoms. The highest BCUT2D eigenvalue weighted by Gasteiger charge is 2.46. The van der Waals surface area contributed by atoms with Gasteiger partial charge in [0, 0.05) is 17.5 Å². The molecule has 0 aromatic carbocycles. The molecule has 0 amide bonds. The van der Waals surface area contributed by atoms with E-state index in [4.69, 9.17) is 4.74 Å². The molecule has 3 nitrogen and oxygen atoms in total. The smallest absolute Gasteiger partial charge is 0.119 e. The van der Waals surface area contributed by atoms with Crippen LogP contribution in [0.15, 0.2) is 36.1 Å². The molecule has 0 saturated carbocycles. The van der Waals surface area contributed by atoms with E-state index in [0.29, 0.717) is 12.5 Å². The second-order valence-electron chi connectivity index (χ2n) is 10.4. The Morgan fingerprint density at radius 3 is 2.10 bits per heavy atom. The average molecular weight is 422 g/mol. The summed E-state index contributed by atoms with van der Waals surface area (Å²) >= 11 is 0. The maximum atomic E-state index is 11.4. The van der Waals surface area contributed by atoms with Gasteiger partial charge in [0.05, 0.1) is 6.10 Å². The number of β-amino-alcohol motifs (C(OH)–C–C–N with tert-alkyl or cyclic N) is 1. The molecule has 0 aliphatic heterocycles. The average Bonchev–Trinajstić information content (AvgIpc) is 2.64. The number of allylic oxidation sites excluding steroid dienone is 5. The normalized spacial score (nSPS) is 16.6. The summed E-state index contributed by atoms with van der Waals surface area (Å²) in [6.07, 6.45) is 12.8. The van der Waals surface area contributed by atoms with Crippen molar-refractivity contribution in [2.75, 3.05) is 13.1 Å². The first-order valence-electron chi connectivity index (χ1n) is 11.9. The maximum absolute atomic E-state index is 11.4. The molecule has 0 radical (unpaired) electrons. The van der Waals surface area contributed by atoms with Crippen LogP contribution < -0.4 is 0 Å². The molecular formula is C27H51NO2. The lowest BCUT2D eigenvalue weighted by molar-refractivity contribution is -0.128. The number of aliphatic hydroxyl groups excluding tert-OH is 1. The molecular weight excluding hydrogens is 370 g/mol. The first-order chi connectivity index (χ1) is 13.8. The Balaban J connectivity index is 5.62. The fraction of sp³-hybridized carbons (Fsp3) is 0.778. The van der Waals surface area contributed by atoms with Crippen molar-refractivity contribution in [1.82, 2.24) is 4.90 Å². The van der Waals surface area contributed by atoms with E-state index in [1.54, 1.807) is 0 Å². The summed E-state index contributed by atoms with van der Waals surface area (Å²) in [6, 6.07) is 0. The standard InChI is InChI=1S/C27H51NO2/c1-12-16-18-23(17-13-2)30-27(10,11)26(8,9)24(29)21-28(19-14-3)25(6,7)20-22(5)15-4/h12-13,16-18,22,24,29H,14-15,19-21H2,1-11H3/b16-12-,17-13-,23-18+. The SMILES string of the molecule is C\C=C/C=C(\C=C/C)OC(C)(C)C(C)(C)C(O)CN(CCC)C(C)(C)CC(C)CC. The minimum atomic E-state index is -0.544. The van der Waals surface area contributed by atoms with Gasteiger partial charge in [-0.15, -0.1) is 0 Å². The largest absolute Gasteiger partial charge is 0.487 e. The molecule has 0 aliphatic carbocycles. The van der Waals surface area contributed by atoms with Crippen molar-refractivity contribution in [3.8, 4) is 0 Å². The molecule has 176 valence electrons. The van der Waals surface area contributed by atoms with Crippen molar-refractivity contribution >= 4 is 0 Å². The molecule has 0 spiro atoms. The number of hydrogen-bond acceptors (Lipinski definition) is 3. The third kappa shape index (κ3) is 8.59. The third-order valence-corrected chi connectivity index (χ3v) is 6.83. The Labute approximate surface area is 188 Å². The maximum Gasteiger partial charge on any atom is 0.119 e. The second kappa shape index (κ2) is 12.7. The first kappa shape index (κ1) is 28.9. The van der Waals surface area contributed by atoms with Gasteiger partial charge in [0.1, 0.15) is 11.4 Å². The summed E-state index contributed by atoms with van der Waals surface area (Å²) in [6.45, 7) is 25.4. The Morgan fingerprint density at radius 1 is 1.03 bits per heavy atom. The minimum absolute atomic E-state index is 0.0510. The van der Waals surface area contributed by atoms with E-state index in [1.165, 1.54) is 6.42 Å². The van der Waals surface area contributed by atoms with Crippen molar-refractivity contribution in [2.45, 2.75) is 113 Å². The van der Waals surface area contributed by atoms with Crippen LogP contribution >= 0.6 is 0 Å². The predicted octanol–water partition coefficient (Wildman–Crippen LogP) is 7.13. The van der Waals surface area contributed by atoms with Crippen LogP contribution in [0.25, 0.3) is 0 Å². The predicted molar refractivity (Wildman–Crippen MR) is 133 cm³/mol. The molecule has 0 saturated heterocycles. The van der Waals surface area contributed by atoms with Crippen LogP contribution in [0.1, 0.15) is 95.4 Å². The summed E-state index contributed by atoms with van der Waals surface area (Å²) < 4.78 is 6.42. The fourth-order valence-electron chi connectivity index (χ4n) is 3.78. The second-order valence-corrected chi connectivity index (χ2v) is 10.4. The van der Waals surface area contributed by atoms with E-state index >= 15 is 0 Å². The highest BCUT2D eigenvalue weighted by molar-refractivity contribution is 5.19. The lowest BCUT2D eigenvalue weighted by atomic mass is 9.72. The van der Waals surface area contributed by atoms with Crippen molar-refractivity contribution < 1.29 is 9.84 Å². The molecule has 0 bridgehead atoms. The zero-order chi connectivity index (χ0) is 23.6. The molecule has 2 atom stereocenters. The fourth-order valence-corrected chi connectivity index (χ4v) is 3.78. The first-order valence-corrected chi connectivity index (χ1v) is 11.9. The van der Waals surface area contributed by atoms with E-state index in [2.05, 4.69) is 67.2 Å². The molecule has 30 heavy (non-hydrogen) atoms. The molecule has 2 unspecified atom stereocenters. The van der Waals surface area contributed by atoms with Gasteiger partial charge in [0.25, 0.3) is 0 Å². The van der Waals surface area contributed by atoms with Crippen molar-refractivity contribution in [1.29, 1.82) is 0 Å². The molecule has 0 fully saturated rings. The summed E-state index contributed by atoms with van der Waals surface area (Å²) in [5.74, 6) is 1.48. The number of rotatable bonds is 14. The van der Waals surface area contributed by atoms with Gasteiger partial charge >= 0.3 is 0 Å². The summed E-state index contributed by atoms with van der Waals surface area (Å²) in [5, 5.41) is 11.4. The zero-order valence-electron chi connectivity index (χ0n) is 21.9. The number of hydrogen-bond donors (Lipinski definition) is 1. The molecule has 0 rings (SSSR count). The van der Waals surface area contributed by atoms with Gasteiger partial charge in [-0.1, -0.05) is 59.3 Å². The van der Waals surface area contributed by atoms with E-state index in [9.17, 15) is 5.11 Å². The quantitative estimate of drug-likeness (QED) is 0.239. The van der Waals surface area contributed by atoms with Gasteiger partial charge in [0.15, 0.2) is 0 Å². The van der Waals surface area contributed by atoms with E-state index in [-0.39, 0.29) is 5.54 Å². The summed E-state index contributed by atoms with van der Waals surface area (Å²) in [4.78, 5) is 2.48. The Hall–Kier alpha value is -1.06. The van der Waals surface area contributed by atoms with Crippen LogP contribution in [-0.4, -0.2) is 40.3 Å². The minimum Gasteiger partial charge on any atom is -0.487 e. The van der Waals surface area contributed by atoms with E-state index < -0.39 is 17.1 Å². The van der Waals surface area contributed by atoms with Crippen LogP contribution in [0, 0.1) is 11.3 Å². The van der Waals surface area contributed by atoms with Crippen molar-refractivity contribution in [3.05, 3.63) is 36.1 Å². The molecule has 0 heterocycles. The molecule has 1 N–H and O–H groups in total. The van der Waals surface area contributed by atoms with Gasteiger partial charge in [-0.2, -0.15) is 0 Å². The van der Waals surface area contributed by atoms with Crippen LogP contribution in [-0.2, 0) is 4.74 Å².